The molecular weight excluding hydrogens is 294 g/mol. The Morgan fingerprint density at radius 2 is 2.09 bits per heavy atom. The predicted octanol–water partition coefficient (Wildman–Crippen LogP) is 2.33. The zero-order chi connectivity index (χ0) is 16.2. The van der Waals surface area contributed by atoms with E-state index in [0.717, 1.165) is 6.42 Å². The van der Waals surface area contributed by atoms with Crippen LogP contribution in [0.2, 0.25) is 0 Å². The van der Waals surface area contributed by atoms with Gasteiger partial charge in [-0.15, -0.1) is 0 Å². The van der Waals surface area contributed by atoms with Crippen LogP contribution in [0.3, 0.4) is 0 Å². The van der Waals surface area contributed by atoms with Crippen molar-refractivity contribution in [2.24, 2.45) is 11.8 Å². The number of nitrogens with zero attached hydrogens (tertiary/aromatic N) is 2. The lowest BCUT2D eigenvalue weighted by Gasteiger charge is -2.07. The lowest BCUT2D eigenvalue weighted by atomic mass is 10.2. The normalized spacial score (nSPS) is 19.2. The molecule has 1 fully saturated rings. The van der Waals surface area contributed by atoms with Crippen molar-refractivity contribution in [2.45, 2.75) is 19.9 Å². The van der Waals surface area contributed by atoms with Gasteiger partial charge in [-0.3, -0.25) is 9.48 Å². The molecule has 1 saturated carbocycles. The highest BCUT2D eigenvalue weighted by Gasteiger charge is 2.39. The zero-order valence-electron chi connectivity index (χ0n) is 12.9. The van der Waals surface area contributed by atoms with Gasteiger partial charge in [0.15, 0.2) is 0 Å². The molecule has 1 aromatic heterocycles. The van der Waals surface area contributed by atoms with Gasteiger partial charge < -0.3 is 10.1 Å². The van der Waals surface area contributed by atoms with Crippen molar-refractivity contribution in [1.29, 1.82) is 0 Å². The van der Waals surface area contributed by atoms with E-state index in [1.165, 1.54) is 0 Å². The number of carbonyl (C=O) groups is 2. The molecule has 23 heavy (non-hydrogen) atoms. The Morgan fingerprint density at radius 1 is 1.35 bits per heavy atom. The first-order valence-electron chi connectivity index (χ1n) is 7.69. The minimum absolute atomic E-state index is 0.0482. The fourth-order valence-electron chi connectivity index (χ4n) is 2.36. The SMILES string of the molecule is CC1CC1C(=O)Nc1ccc(C(=O)OCCn2cccn2)cc1. The molecule has 1 N–H and O–H groups in total. The number of hydrogen-bond acceptors (Lipinski definition) is 4. The van der Waals surface area contributed by atoms with E-state index in [2.05, 4.69) is 17.3 Å². The minimum Gasteiger partial charge on any atom is -0.460 e. The van der Waals surface area contributed by atoms with Gasteiger partial charge in [0, 0.05) is 24.0 Å². The molecule has 0 saturated heterocycles. The Morgan fingerprint density at radius 3 is 2.70 bits per heavy atom. The number of hydrogen-bond donors (Lipinski definition) is 1. The first kappa shape index (κ1) is 15.3. The van der Waals surface area contributed by atoms with Gasteiger partial charge in [0.05, 0.1) is 12.1 Å². The summed E-state index contributed by atoms with van der Waals surface area (Å²) < 4.78 is 6.90. The number of anilines is 1. The highest BCUT2D eigenvalue weighted by atomic mass is 16.5. The minimum atomic E-state index is -0.383. The van der Waals surface area contributed by atoms with E-state index < -0.39 is 0 Å². The average molecular weight is 313 g/mol. The molecule has 2 aromatic rings. The fourth-order valence-corrected chi connectivity index (χ4v) is 2.36. The van der Waals surface area contributed by atoms with Gasteiger partial charge in [0.25, 0.3) is 0 Å². The Balaban J connectivity index is 1.48. The van der Waals surface area contributed by atoms with Gasteiger partial charge in [-0.2, -0.15) is 5.10 Å². The summed E-state index contributed by atoms with van der Waals surface area (Å²) in [5, 5.41) is 6.89. The van der Waals surface area contributed by atoms with Gasteiger partial charge in [0.1, 0.15) is 6.61 Å². The number of ether oxygens (including phenoxy) is 1. The second-order valence-electron chi connectivity index (χ2n) is 5.79. The number of esters is 1. The summed E-state index contributed by atoms with van der Waals surface area (Å²) in [6.07, 6.45) is 4.44. The first-order chi connectivity index (χ1) is 11.1. The van der Waals surface area contributed by atoms with Crippen LogP contribution in [-0.4, -0.2) is 28.3 Å². The van der Waals surface area contributed by atoms with Gasteiger partial charge in [0.2, 0.25) is 5.91 Å². The van der Waals surface area contributed by atoms with Crippen molar-refractivity contribution in [3.05, 3.63) is 48.3 Å². The maximum Gasteiger partial charge on any atom is 0.338 e. The van der Waals surface area contributed by atoms with E-state index in [9.17, 15) is 9.59 Å². The fraction of sp³-hybridized carbons (Fsp3) is 0.353. The maximum absolute atomic E-state index is 11.9. The third kappa shape index (κ3) is 3.97. The summed E-state index contributed by atoms with van der Waals surface area (Å²) >= 11 is 0. The second kappa shape index (κ2) is 6.64. The molecule has 3 rings (SSSR count). The highest BCUT2D eigenvalue weighted by Crippen LogP contribution is 2.38. The lowest BCUT2D eigenvalue weighted by Crippen LogP contribution is -2.15. The average Bonchev–Trinajstić information content (AvgIpc) is 3.06. The summed E-state index contributed by atoms with van der Waals surface area (Å²) in [4.78, 5) is 23.8. The lowest BCUT2D eigenvalue weighted by molar-refractivity contribution is -0.117. The third-order valence-electron chi connectivity index (χ3n) is 3.95. The van der Waals surface area contributed by atoms with Gasteiger partial charge in [-0.1, -0.05) is 6.92 Å². The summed E-state index contributed by atoms with van der Waals surface area (Å²) in [5.74, 6) is 0.263. The molecule has 6 heteroatoms. The molecule has 0 aliphatic heterocycles. The molecular formula is C17H19N3O3. The van der Waals surface area contributed by atoms with Crippen molar-refractivity contribution in [3.63, 3.8) is 0 Å². The van der Waals surface area contributed by atoms with Crippen LogP contribution in [0.4, 0.5) is 5.69 Å². The zero-order valence-corrected chi connectivity index (χ0v) is 12.9. The predicted molar refractivity (Wildman–Crippen MR) is 84.9 cm³/mol. The van der Waals surface area contributed by atoms with Crippen LogP contribution in [0.1, 0.15) is 23.7 Å². The Bertz CT molecular complexity index is 680. The number of rotatable bonds is 6. The summed E-state index contributed by atoms with van der Waals surface area (Å²) in [6, 6.07) is 8.56. The van der Waals surface area contributed by atoms with E-state index in [1.54, 1.807) is 35.1 Å². The molecule has 1 aromatic carbocycles. The van der Waals surface area contributed by atoms with Gasteiger partial charge in [-0.05, 0) is 42.7 Å². The Kier molecular flexibility index (Phi) is 4.41. The Hall–Kier alpha value is -2.63. The molecule has 120 valence electrons. The van der Waals surface area contributed by atoms with Crippen LogP contribution in [-0.2, 0) is 16.1 Å². The highest BCUT2D eigenvalue weighted by molar-refractivity contribution is 5.95. The third-order valence-corrected chi connectivity index (χ3v) is 3.95. The quantitative estimate of drug-likeness (QED) is 0.831. The van der Waals surface area contributed by atoms with Crippen LogP contribution in [0.5, 0.6) is 0 Å². The number of benzene rings is 1. The molecule has 0 spiro atoms. The van der Waals surface area contributed by atoms with Crippen LogP contribution in [0.25, 0.3) is 0 Å². The van der Waals surface area contributed by atoms with E-state index in [-0.39, 0.29) is 24.4 Å². The van der Waals surface area contributed by atoms with Crippen molar-refractivity contribution >= 4 is 17.6 Å². The van der Waals surface area contributed by atoms with Gasteiger partial charge >= 0.3 is 5.97 Å². The summed E-state index contributed by atoms with van der Waals surface area (Å²) in [7, 11) is 0. The molecule has 6 nitrogen and oxygen atoms in total. The molecule has 0 radical (unpaired) electrons. The molecule has 1 amide bonds. The molecule has 1 aliphatic carbocycles. The van der Waals surface area contributed by atoms with Crippen molar-refractivity contribution in [2.75, 3.05) is 11.9 Å². The maximum atomic E-state index is 11.9. The topological polar surface area (TPSA) is 73.2 Å². The van der Waals surface area contributed by atoms with Crippen molar-refractivity contribution < 1.29 is 14.3 Å². The first-order valence-corrected chi connectivity index (χ1v) is 7.69. The molecule has 2 unspecified atom stereocenters. The smallest absolute Gasteiger partial charge is 0.338 e. The second-order valence-corrected chi connectivity index (χ2v) is 5.79. The molecule has 1 heterocycles. The van der Waals surface area contributed by atoms with Crippen LogP contribution >= 0.6 is 0 Å². The van der Waals surface area contributed by atoms with Crippen LogP contribution in [0.15, 0.2) is 42.7 Å². The number of carbonyl (C=O) groups excluding carboxylic acids is 2. The van der Waals surface area contributed by atoms with Crippen LogP contribution < -0.4 is 5.32 Å². The largest absolute Gasteiger partial charge is 0.460 e. The number of amides is 1. The molecule has 0 bridgehead atoms. The number of aromatic nitrogens is 2. The monoisotopic (exact) mass is 313 g/mol. The summed E-state index contributed by atoms with van der Waals surface area (Å²) in [6.45, 7) is 2.84. The number of nitrogens with one attached hydrogen (secondary N) is 1. The van der Waals surface area contributed by atoms with E-state index in [4.69, 9.17) is 4.74 Å². The van der Waals surface area contributed by atoms with E-state index >= 15 is 0 Å². The van der Waals surface area contributed by atoms with E-state index in [1.807, 2.05) is 12.3 Å². The summed E-state index contributed by atoms with van der Waals surface area (Å²) in [5.41, 5.74) is 1.16. The molecule has 2 atom stereocenters. The molecule has 1 aliphatic rings. The van der Waals surface area contributed by atoms with E-state index in [0.29, 0.717) is 23.7 Å². The van der Waals surface area contributed by atoms with Crippen molar-refractivity contribution in [1.82, 2.24) is 9.78 Å². The Labute approximate surface area is 134 Å². The van der Waals surface area contributed by atoms with Gasteiger partial charge in [-0.25, -0.2) is 4.79 Å². The van der Waals surface area contributed by atoms with Crippen molar-refractivity contribution in [3.8, 4) is 0 Å². The standard InChI is InChI=1S/C17H19N3O3/c1-12-11-15(12)16(21)19-14-5-3-13(4-6-14)17(22)23-10-9-20-8-2-7-18-20/h2-8,12,15H,9-11H2,1H3,(H,19,21). The van der Waals surface area contributed by atoms with Crippen LogP contribution in [0, 0.1) is 11.8 Å².